The standard InChI is InChI=1S/C11H10Cl2O4/c1-16-10(15)2-3-17-11-7(6-14)4-8(12)5-9(11)13/h4-6H,2-3H2,1H3. The molecule has 0 aliphatic heterocycles. The molecule has 0 amide bonds. The first-order valence-electron chi connectivity index (χ1n) is 4.72. The third kappa shape index (κ3) is 3.91. The van der Waals surface area contributed by atoms with E-state index in [-0.39, 0.29) is 29.4 Å². The van der Waals surface area contributed by atoms with Gasteiger partial charge in [0.1, 0.15) is 5.75 Å². The lowest BCUT2D eigenvalue weighted by Gasteiger charge is -2.10. The van der Waals surface area contributed by atoms with Gasteiger partial charge in [0.25, 0.3) is 0 Å². The van der Waals surface area contributed by atoms with E-state index < -0.39 is 5.97 Å². The van der Waals surface area contributed by atoms with Crippen molar-refractivity contribution in [3.63, 3.8) is 0 Å². The number of esters is 1. The molecule has 0 saturated carbocycles. The molecular formula is C11H10Cl2O4. The van der Waals surface area contributed by atoms with Gasteiger partial charge in [0.05, 0.1) is 30.7 Å². The van der Waals surface area contributed by atoms with Crippen LogP contribution in [0.4, 0.5) is 0 Å². The van der Waals surface area contributed by atoms with Gasteiger partial charge in [-0.15, -0.1) is 0 Å². The van der Waals surface area contributed by atoms with E-state index in [1.165, 1.54) is 19.2 Å². The number of ether oxygens (including phenoxy) is 2. The smallest absolute Gasteiger partial charge is 0.308 e. The van der Waals surface area contributed by atoms with Crippen molar-refractivity contribution in [2.75, 3.05) is 13.7 Å². The van der Waals surface area contributed by atoms with Gasteiger partial charge in [-0.3, -0.25) is 9.59 Å². The Hall–Kier alpha value is -1.26. The van der Waals surface area contributed by atoms with Gasteiger partial charge in [0.2, 0.25) is 0 Å². The Bertz CT molecular complexity index is 432. The van der Waals surface area contributed by atoms with Crippen molar-refractivity contribution in [3.8, 4) is 5.75 Å². The topological polar surface area (TPSA) is 52.6 Å². The Kier molecular flexibility index (Phi) is 5.25. The lowest BCUT2D eigenvalue weighted by Crippen LogP contribution is -2.08. The lowest BCUT2D eigenvalue weighted by molar-refractivity contribution is -0.141. The molecule has 4 nitrogen and oxygen atoms in total. The molecule has 0 unspecified atom stereocenters. The summed E-state index contributed by atoms with van der Waals surface area (Å²) >= 11 is 11.6. The largest absolute Gasteiger partial charge is 0.491 e. The maximum absolute atomic E-state index is 10.9. The molecule has 6 heteroatoms. The van der Waals surface area contributed by atoms with Gasteiger partial charge < -0.3 is 9.47 Å². The highest BCUT2D eigenvalue weighted by molar-refractivity contribution is 6.36. The number of rotatable bonds is 5. The van der Waals surface area contributed by atoms with Crippen LogP contribution in [-0.2, 0) is 9.53 Å². The minimum absolute atomic E-state index is 0.0771. The summed E-state index contributed by atoms with van der Waals surface area (Å²) in [5, 5.41) is 0.571. The SMILES string of the molecule is COC(=O)CCOc1c(Cl)cc(Cl)cc1C=O. The normalized spacial score (nSPS) is 9.82. The second-order valence-electron chi connectivity index (χ2n) is 3.10. The summed E-state index contributed by atoms with van der Waals surface area (Å²) in [6.45, 7) is 0.0782. The monoisotopic (exact) mass is 276 g/mol. The average Bonchev–Trinajstić information content (AvgIpc) is 2.30. The van der Waals surface area contributed by atoms with Crippen LogP contribution in [-0.4, -0.2) is 26.0 Å². The van der Waals surface area contributed by atoms with Crippen molar-refractivity contribution >= 4 is 35.5 Å². The van der Waals surface area contributed by atoms with E-state index in [1.807, 2.05) is 0 Å². The first kappa shape index (κ1) is 13.8. The van der Waals surface area contributed by atoms with E-state index in [0.717, 1.165) is 0 Å². The van der Waals surface area contributed by atoms with Crippen molar-refractivity contribution < 1.29 is 19.1 Å². The summed E-state index contributed by atoms with van der Waals surface area (Å²) < 4.78 is 9.72. The zero-order valence-electron chi connectivity index (χ0n) is 9.04. The highest BCUT2D eigenvalue weighted by Crippen LogP contribution is 2.31. The number of aldehydes is 1. The number of methoxy groups -OCH3 is 1. The number of hydrogen-bond acceptors (Lipinski definition) is 4. The Labute approximate surface area is 108 Å². The average molecular weight is 277 g/mol. The second kappa shape index (κ2) is 6.47. The van der Waals surface area contributed by atoms with E-state index in [9.17, 15) is 9.59 Å². The van der Waals surface area contributed by atoms with Crippen molar-refractivity contribution in [2.24, 2.45) is 0 Å². The molecule has 92 valence electrons. The van der Waals surface area contributed by atoms with Crippen molar-refractivity contribution in [3.05, 3.63) is 27.7 Å². The Balaban J connectivity index is 2.76. The molecule has 0 aliphatic carbocycles. The molecule has 17 heavy (non-hydrogen) atoms. The molecule has 0 aliphatic rings. The van der Waals surface area contributed by atoms with E-state index in [0.29, 0.717) is 11.3 Å². The predicted octanol–water partition coefficient (Wildman–Crippen LogP) is 2.75. The third-order valence-corrected chi connectivity index (χ3v) is 2.44. The van der Waals surface area contributed by atoms with Crippen molar-refractivity contribution in [1.29, 1.82) is 0 Å². The maximum Gasteiger partial charge on any atom is 0.308 e. The quantitative estimate of drug-likeness (QED) is 0.613. The molecule has 0 atom stereocenters. The van der Waals surface area contributed by atoms with Crippen LogP contribution >= 0.6 is 23.2 Å². The van der Waals surface area contributed by atoms with Crippen LogP contribution in [0.3, 0.4) is 0 Å². The number of hydrogen-bond donors (Lipinski definition) is 0. The lowest BCUT2D eigenvalue weighted by atomic mass is 10.2. The minimum Gasteiger partial charge on any atom is -0.491 e. The molecule has 1 aromatic carbocycles. The Morgan fingerprint density at radius 3 is 2.71 bits per heavy atom. The molecule has 0 N–H and O–H groups in total. The summed E-state index contributed by atoms with van der Waals surface area (Å²) in [5.41, 5.74) is 0.243. The summed E-state index contributed by atoms with van der Waals surface area (Å²) in [7, 11) is 1.29. The molecule has 0 heterocycles. The van der Waals surface area contributed by atoms with Gasteiger partial charge in [0.15, 0.2) is 6.29 Å². The fraction of sp³-hybridized carbons (Fsp3) is 0.273. The first-order valence-corrected chi connectivity index (χ1v) is 5.48. The van der Waals surface area contributed by atoms with Gasteiger partial charge in [-0.2, -0.15) is 0 Å². The van der Waals surface area contributed by atoms with Crippen LogP contribution in [0.5, 0.6) is 5.75 Å². The number of carbonyl (C=O) groups is 2. The zero-order chi connectivity index (χ0) is 12.8. The second-order valence-corrected chi connectivity index (χ2v) is 3.94. The molecule has 0 bridgehead atoms. The van der Waals surface area contributed by atoms with Crippen LogP contribution in [0.25, 0.3) is 0 Å². The molecule has 1 rings (SSSR count). The van der Waals surface area contributed by atoms with Gasteiger partial charge >= 0.3 is 5.97 Å². The fourth-order valence-corrected chi connectivity index (χ4v) is 1.72. The maximum atomic E-state index is 10.9. The molecule has 0 aromatic heterocycles. The molecule has 0 saturated heterocycles. The Morgan fingerprint density at radius 2 is 2.12 bits per heavy atom. The van der Waals surface area contributed by atoms with Gasteiger partial charge in [-0.05, 0) is 12.1 Å². The third-order valence-electron chi connectivity index (χ3n) is 1.94. The van der Waals surface area contributed by atoms with E-state index >= 15 is 0 Å². The van der Waals surface area contributed by atoms with Crippen LogP contribution in [0.2, 0.25) is 10.0 Å². The van der Waals surface area contributed by atoms with Crippen molar-refractivity contribution in [2.45, 2.75) is 6.42 Å². The van der Waals surface area contributed by atoms with Gasteiger partial charge in [0, 0.05) is 5.02 Å². The van der Waals surface area contributed by atoms with E-state index in [4.69, 9.17) is 27.9 Å². The zero-order valence-corrected chi connectivity index (χ0v) is 10.5. The van der Waals surface area contributed by atoms with Crippen molar-refractivity contribution in [1.82, 2.24) is 0 Å². The van der Waals surface area contributed by atoms with Crippen LogP contribution in [0.1, 0.15) is 16.8 Å². The minimum atomic E-state index is -0.400. The van der Waals surface area contributed by atoms with Crippen LogP contribution in [0, 0.1) is 0 Å². The Morgan fingerprint density at radius 1 is 1.41 bits per heavy atom. The van der Waals surface area contributed by atoms with Crippen LogP contribution < -0.4 is 4.74 Å². The predicted molar refractivity (Wildman–Crippen MR) is 64.0 cm³/mol. The summed E-state index contributed by atoms with van der Waals surface area (Å²) in [6, 6.07) is 2.90. The van der Waals surface area contributed by atoms with E-state index in [1.54, 1.807) is 0 Å². The number of benzene rings is 1. The van der Waals surface area contributed by atoms with E-state index in [2.05, 4.69) is 4.74 Å². The molecular weight excluding hydrogens is 267 g/mol. The highest BCUT2D eigenvalue weighted by atomic mass is 35.5. The van der Waals surface area contributed by atoms with Gasteiger partial charge in [-0.1, -0.05) is 23.2 Å². The first-order chi connectivity index (χ1) is 8.08. The molecule has 0 fully saturated rings. The summed E-state index contributed by atoms with van der Waals surface area (Å²) in [4.78, 5) is 21.7. The molecule has 0 radical (unpaired) electrons. The van der Waals surface area contributed by atoms with Crippen LogP contribution in [0.15, 0.2) is 12.1 Å². The number of carbonyl (C=O) groups excluding carboxylic acids is 2. The number of halogens is 2. The highest BCUT2D eigenvalue weighted by Gasteiger charge is 2.11. The van der Waals surface area contributed by atoms with Gasteiger partial charge in [-0.25, -0.2) is 0 Å². The summed E-state index contributed by atoms with van der Waals surface area (Å²) in [5.74, 6) is -0.183. The molecule has 0 spiro atoms. The molecule has 1 aromatic rings. The summed E-state index contributed by atoms with van der Waals surface area (Å²) in [6.07, 6.45) is 0.666. The fourth-order valence-electron chi connectivity index (χ4n) is 1.16.